The number of nitrogens with zero attached hydrogens (tertiary/aromatic N) is 1. The average Bonchev–Trinajstić information content (AvgIpc) is 2.47. The molecule has 2 aliphatic rings. The Bertz CT molecular complexity index is 446. The SMILES string of the molecule is COC1CCCC(N2CCc3cccc(N)c3C2)C1. The maximum Gasteiger partial charge on any atom is 0.0586 e. The number of nitrogen functional groups attached to an aromatic ring is 1. The number of hydrogen-bond acceptors (Lipinski definition) is 3. The van der Waals surface area contributed by atoms with Crippen molar-refractivity contribution in [1.29, 1.82) is 0 Å². The molecule has 2 unspecified atom stereocenters. The van der Waals surface area contributed by atoms with Crippen molar-refractivity contribution in [2.75, 3.05) is 19.4 Å². The van der Waals surface area contributed by atoms with Gasteiger partial charge >= 0.3 is 0 Å². The van der Waals surface area contributed by atoms with Gasteiger partial charge in [0.15, 0.2) is 0 Å². The normalized spacial score (nSPS) is 28.1. The number of nitrogens with two attached hydrogens (primary N) is 1. The molecule has 1 saturated carbocycles. The van der Waals surface area contributed by atoms with Crippen LogP contribution in [0.25, 0.3) is 0 Å². The van der Waals surface area contributed by atoms with E-state index in [1.165, 1.54) is 36.8 Å². The molecule has 0 aromatic heterocycles. The second kappa shape index (κ2) is 5.51. The molecule has 2 N–H and O–H groups in total. The zero-order chi connectivity index (χ0) is 13.2. The van der Waals surface area contributed by atoms with Gasteiger partial charge in [0.05, 0.1) is 6.10 Å². The van der Waals surface area contributed by atoms with Gasteiger partial charge in [-0.2, -0.15) is 0 Å². The summed E-state index contributed by atoms with van der Waals surface area (Å²) in [6.07, 6.45) is 6.58. The monoisotopic (exact) mass is 260 g/mol. The maximum atomic E-state index is 6.14. The zero-order valence-corrected chi connectivity index (χ0v) is 11.8. The summed E-state index contributed by atoms with van der Waals surface area (Å²) in [7, 11) is 1.84. The molecule has 1 aromatic carbocycles. The first-order valence-corrected chi connectivity index (χ1v) is 7.41. The molecule has 0 radical (unpaired) electrons. The Labute approximate surface area is 115 Å². The van der Waals surface area contributed by atoms with E-state index in [-0.39, 0.29) is 0 Å². The van der Waals surface area contributed by atoms with Crippen molar-refractivity contribution in [2.24, 2.45) is 0 Å². The van der Waals surface area contributed by atoms with E-state index in [9.17, 15) is 0 Å². The highest BCUT2D eigenvalue weighted by atomic mass is 16.5. The van der Waals surface area contributed by atoms with Gasteiger partial charge in [0.2, 0.25) is 0 Å². The van der Waals surface area contributed by atoms with Crippen LogP contribution in [0.3, 0.4) is 0 Å². The molecule has 1 aliphatic carbocycles. The minimum Gasteiger partial charge on any atom is -0.398 e. The third-order valence-electron chi connectivity index (χ3n) is 4.79. The zero-order valence-electron chi connectivity index (χ0n) is 11.8. The van der Waals surface area contributed by atoms with Gasteiger partial charge in [-0.15, -0.1) is 0 Å². The van der Waals surface area contributed by atoms with E-state index < -0.39 is 0 Å². The molecule has 0 saturated heterocycles. The van der Waals surface area contributed by atoms with Gasteiger partial charge < -0.3 is 10.5 Å². The molecule has 3 heteroatoms. The minimum atomic E-state index is 0.452. The van der Waals surface area contributed by atoms with E-state index >= 15 is 0 Å². The summed E-state index contributed by atoms with van der Waals surface area (Å²) < 4.78 is 5.55. The lowest BCUT2D eigenvalue weighted by atomic mass is 9.89. The Morgan fingerprint density at radius 3 is 3.05 bits per heavy atom. The summed E-state index contributed by atoms with van der Waals surface area (Å²) in [6, 6.07) is 7.00. The lowest BCUT2D eigenvalue weighted by Crippen LogP contribution is -2.43. The summed E-state index contributed by atoms with van der Waals surface area (Å²) in [4.78, 5) is 2.61. The van der Waals surface area contributed by atoms with E-state index in [1.54, 1.807) is 0 Å². The number of rotatable bonds is 2. The van der Waals surface area contributed by atoms with Gasteiger partial charge in [-0.3, -0.25) is 4.90 Å². The van der Waals surface area contributed by atoms with Crippen molar-refractivity contribution in [1.82, 2.24) is 4.90 Å². The quantitative estimate of drug-likeness (QED) is 0.831. The fraction of sp³-hybridized carbons (Fsp3) is 0.625. The molecule has 1 heterocycles. The Morgan fingerprint density at radius 1 is 1.32 bits per heavy atom. The third-order valence-corrected chi connectivity index (χ3v) is 4.79. The van der Waals surface area contributed by atoms with Crippen molar-refractivity contribution in [3.63, 3.8) is 0 Å². The van der Waals surface area contributed by atoms with Crippen LogP contribution in [0, 0.1) is 0 Å². The first kappa shape index (κ1) is 12.9. The van der Waals surface area contributed by atoms with Crippen molar-refractivity contribution < 1.29 is 4.74 Å². The fourth-order valence-corrected chi connectivity index (χ4v) is 3.61. The van der Waals surface area contributed by atoms with Crippen molar-refractivity contribution in [3.8, 4) is 0 Å². The minimum absolute atomic E-state index is 0.452. The van der Waals surface area contributed by atoms with Gasteiger partial charge in [0.25, 0.3) is 0 Å². The number of fused-ring (bicyclic) bond motifs is 1. The van der Waals surface area contributed by atoms with Crippen LogP contribution in [-0.4, -0.2) is 30.7 Å². The van der Waals surface area contributed by atoms with Crippen molar-refractivity contribution in [3.05, 3.63) is 29.3 Å². The summed E-state index contributed by atoms with van der Waals surface area (Å²) in [6.45, 7) is 2.18. The Morgan fingerprint density at radius 2 is 2.21 bits per heavy atom. The molecule has 3 rings (SSSR count). The van der Waals surface area contributed by atoms with E-state index in [4.69, 9.17) is 10.5 Å². The predicted octanol–water partition coefficient (Wildman–Crippen LogP) is 2.58. The van der Waals surface area contributed by atoms with E-state index in [0.29, 0.717) is 12.1 Å². The van der Waals surface area contributed by atoms with Gasteiger partial charge in [0, 0.05) is 31.9 Å². The summed E-state index contributed by atoms with van der Waals surface area (Å²) in [5.74, 6) is 0. The van der Waals surface area contributed by atoms with Gasteiger partial charge in [-0.05, 0) is 49.3 Å². The van der Waals surface area contributed by atoms with Gasteiger partial charge in [-0.1, -0.05) is 12.1 Å². The Kier molecular flexibility index (Phi) is 3.76. The molecule has 3 nitrogen and oxygen atoms in total. The van der Waals surface area contributed by atoms with Gasteiger partial charge in [0.1, 0.15) is 0 Å². The van der Waals surface area contributed by atoms with Crippen LogP contribution >= 0.6 is 0 Å². The predicted molar refractivity (Wildman–Crippen MR) is 78.0 cm³/mol. The molecule has 104 valence electrons. The molecule has 2 atom stereocenters. The molecule has 0 bridgehead atoms. The van der Waals surface area contributed by atoms with Crippen molar-refractivity contribution in [2.45, 2.75) is 50.8 Å². The molecule has 19 heavy (non-hydrogen) atoms. The number of methoxy groups -OCH3 is 1. The molecule has 1 aromatic rings. The maximum absolute atomic E-state index is 6.14. The summed E-state index contributed by atoms with van der Waals surface area (Å²) in [5.41, 5.74) is 9.89. The number of ether oxygens (including phenoxy) is 1. The molecule has 1 fully saturated rings. The second-order valence-electron chi connectivity index (χ2n) is 5.88. The van der Waals surface area contributed by atoms with Crippen LogP contribution < -0.4 is 5.73 Å². The van der Waals surface area contributed by atoms with Crippen molar-refractivity contribution >= 4 is 5.69 Å². The number of benzene rings is 1. The van der Waals surface area contributed by atoms with E-state index in [2.05, 4.69) is 17.0 Å². The van der Waals surface area contributed by atoms with Crippen LogP contribution in [0.1, 0.15) is 36.8 Å². The first-order valence-electron chi connectivity index (χ1n) is 7.41. The lowest BCUT2D eigenvalue weighted by molar-refractivity contribution is 0.0240. The fourth-order valence-electron chi connectivity index (χ4n) is 3.61. The average molecular weight is 260 g/mol. The second-order valence-corrected chi connectivity index (χ2v) is 5.88. The highest BCUT2D eigenvalue weighted by molar-refractivity contribution is 5.51. The topological polar surface area (TPSA) is 38.5 Å². The summed E-state index contributed by atoms with van der Waals surface area (Å²) in [5, 5.41) is 0. The number of hydrogen-bond donors (Lipinski definition) is 1. The highest BCUT2D eigenvalue weighted by Gasteiger charge is 2.29. The highest BCUT2D eigenvalue weighted by Crippen LogP contribution is 2.31. The van der Waals surface area contributed by atoms with Crippen LogP contribution in [0.2, 0.25) is 0 Å². The molecule has 0 spiro atoms. The Hall–Kier alpha value is -1.06. The van der Waals surface area contributed by atoms with Crippen LogP contribution in [0.4, 0.5) is 5.69 Å². The molecular weight excluding hydrogens is 236 g/mol. The standard InChI is InChI=1S/C16H24N2O/c1-19-14-6-3-5-13(10-14)18-9-8-12-4-2-7-16(17)15(12)11-18/h2,4,7,13-14H,3,5-6,8-11,17H2,1H3. The van der Waals surface area contributed by atoms with Crippen LogP contribution in [0.5, 0.6) is 0 Å². The largest absolute Gasteiger partial charge is 0.398 e. The lowest BCUT2D eigenvalue weighted by Gasteiger charge is -2.40. The smallest absolute Gasteiger partial charge is 0.0586 e. The Balaban J connectivity index is 1.73. The molecule has 0 amide bonds. The number of anilines is 1. The molecule has 1 aliphatic heterocycles. The first-order chi connectivity index (χ1) is 9.28. The van der Waals surface area contributed by atoms with Crippen LogP contribution in [0.15, 0.2) is 18.2 Å². The molecular formula is C16H24N2O. The van der Waals surface area contributed by atoms with Gasteiger partial charge in [-0.25, -0.2) is 0 Å². The summed E-state index contributed by atoms with van der Waals surface area (Å²) >= 11 is 0. The van der Waals surface area contributed by atoms with E-state index in [1.807, 2.05) is 13.2 Å². The van der Waals surface area contributed by atoms with Crippen LogP contribution in [-0.2, 0) is 17.7 Å². The van der Waals surface area contributed by atoms with E-state index in [0.717, 1.165) is 25.2 Å². The third kappa shape index (κ3) is 2.63.